The van der Waals surface area contributed by atoms with Gasteiger partial charge in [0, 0.05) is 23.7 Å². The Balaban J connectivity index is 1.41. The van der Waals surface area contributed by atoms with Crippen LogP contribution >= 0.6 is 0 Å². The number of ether oxygens (including phenoxy) is 2. The highest BCUT2D eigenvalue weighted by molar-refractivity contribution is 6.06. The molecular weight excluding hydrogens is 398 g/mol. The first-order valence-electron chi connectivity index (χ1n) is 10.0. The molecule has 0 aromatic heterocycles. The second kappa shape index (κ2) is 10.9. The lowest BCUT2D eigenvalue weighted by molar-refractivity contribution is -0.153. The van der Waals surface area contributed by atoms with E-state index in [0.29, 0.717) is 30.5 Å². The molecule has 0 saturated carbocycles. The van der Waals surface area contributed by atoms with Gasteiger partial charge in [-0.15, -0.1) is 0 Å². The van der Waals surface area contributed by atoms with Gasteiger partial charge in [-0.2, -0.15) is 0 Å². The molecule has 0 radical (unpaired) electrons. The summed E-state index contributed by atoms with van der Waals surface area (Å²) in [6, 6.07) is 16.7. The van der Waals surface area contributed by atoms with Crippen molar-refractivity contribution in [2.24, 2.45) is 0 Å². The van der Waals surface area contributed by atoms with Gasteiger partial charge >= 0.3 is 11.9 Å². The zero-order valence-electron chi connectivity index (χ0n) is 16.9. The van der Waals surface area contributed by atoms with Crippen LogP contribution in [0.2, 0.25) is 0 Å². The van der Waals surface area contributed by atoms with E-state index in [1.165, 1.54) is 4.90 Å². The maximum absolute atomic E-state index is 12.6. The molecule has 3 rings (SSSR count). The summed E-state index contributed by atoms with van der Waals surface area (Å²) in [6.45, 7) is 0.214. The molecule has 1 amide bonds. The van der Waals surface area contributed by atoms with E-state index < -0.39 is 18.0 Å². The zero-order valence-corrected chi connectivity index (χ0v) is 16.9. The number of likely N-dealkylation sites (tertiary alicyclic amines) is 1. The van der Waals surface area contributed by atoms with Crippen LogP contribution in [-0.2, 0) is 19.1 Å². The average Bonchev–Trinajstić information content (AvgIpc) is 3.31. The number of carbonyl (C=O) groups is 4. The van der Waals surface area contributed by atoms with Crippen molar-refractivity contribution < 1.29 is 28.7 Å². The van der Waals surface area contributed by atoms with Crippen LogP contribution in [-0.4, -0.2) is 54.3 Å². The lowest BCUT2D eigenvalue weighted by Crippen LogP contribution is -2.41. The number of benzene rings is 2. The van der Waals surface area contributed by atoms with Crippen LogP contribution in [0.15, 0.2) is 72.8 Å². The fourth-order valence-electron chi connectivity index (χ4n) is 3.27. The molecule has 1 aliphatic heterocycles. The van der Waals surface area contributed by atoms with E-state index in [-0.39, 0.29) is 24.9 Å². The van der Waals surface area contributed by atoms with Gasteiger partial charge in [0.15, 0.2) is 5.78 Å². The summed E-state index contributed by atoms with van der Waals surface area (Å²) in [5.41, 5.74) is 0.986. The maximum Gasteiger partial charge on any atom is 0.331 e. The van der Waals surface area contributed by atoms with Crippen LogP contribution < -0.4 is 0 Å². The molecule has 0 bridgehead atoms. The molecular formula is C24H23NO6. The highest BCUT2D eigenvalue weighted by atomic mass is 16.6. The van der Waals surface area contributed by atoms with Crippen LogP contribution in [0, 0.1) is 0 Å². The third-order valence-corrected chi connectivity index (χ3v) is 4.81. The number of carbonyl (C=O) groups excluding carboxylic acids is 4. The van der Waals surface area contributed by atoms with Crippen LogP contribution in [0.1, 0.15) is 33.6 Å². The molecule has 0 unspecified atom stereocenters. The minimum absolute atomic E-state index is 0.130. The van der Waals surface area contributed by atoms with Crippen molar-refractivity contribution in [1.82, 2.24) is 4.90 Å². The molecule has 0 spiro atoms. The SMILES string of the molecule is O=C(/C=C/C(=O)c1ccccc1)OCCOC(=O)[C@@H]1CCCN1C(=O)c1ccccc1. The molecule has 1 aliphatic rings. The second-order valence-electron chi connectivity index (χ2n) is 6.92. The van der Waals surface area contributed by atoms with Gasteiger partial charge in [0.2, 0.25) is 0 Å². The van der Waals surface area contributed by atoms with Crippen molar-refractivity contribution in [2.75, 3.05) is 19.8 Å². The fourth-order valence-corrected chi connectivity index (χ4v) is 3.27. The largest absolute Gasteiger partial charge is 0.461 e. The van der Waals surface area contributed by atoms with Crippen molar-refractivity contribution >= 4 is 23.6 Å². The highest BCUT2D eigenvalue weighted by Gasteiger charge is 2.35. The number of allylic oxidation sites excluding steroid dienone is 1. The summed E-state index contributed by atoms with van der Waals surface area (Å²) >= 11 is 0. The summed E-state index contributed by atoms with van der Waals surface area (Å²) in [7, 11) is 0. The smallest absolute Gasteiger partial charge is 0.331 e. The molecule has 1 saturated heterocycles. The average molecular weight is 421 g/mol. The molecule has 1 heterocycles. The van der Waals surface area contributed by atoms with E-state index in [2.05, 4.69) is 0 Å². The molecule has 7 nitrogen and oxygen atoms in total. The third kappa shape index (κ3) is 6.12. The van der Waals surface area contributed by atoms with Gasteiger partial charge in [0.1, 0.15) is 19.3 Å². The van der Waals surface area contributed by atoms with Crippen molar-refractivity contribution in [2.45, 2.75) is 18.9 Å². The Morgan fingerprint density at radius 1 is 0.839 bits per heavy atom. The number of ketones is 1. The number of nitrogens with zero attached hydrogens (tertiary/aromatic N) is 1. The van der Waals surface area contributed by atoms with E-state index in [4.69, 9.17) is 9.47 Å². The number of hydrogen-bond donors (Lipinski definition) is 0. The van der Waals surface area contributed by atoms with Crippen molar-refractivity contribution in [3.63, 3.8) is 0 Å². The molecule has 0 N–H and O–H groups in total. The van der Waals surface area contributed by atoms with Gasteiger partial charge in [0.25, 0.3) is 5.91 Å². The van der Waals surface area contributed by atoms with Crippen molar-refractivity contribution in [3.8, 4) is 0 Å². The Hall–Kier alpha value is -3.74. The standard InChI is InChI=1S/C24H23NO6/c26-21(18-8-3-1-4-9-18)13-14-22(27)30-16-17-31-24(29)20-12-7-15-25(20)23(28)19-10-5-2-6-11-19/h1-6,8-11,13-14,20H,7,12,15-17H2/b14-13+/t20-/m0/s1. The van der Waals surface area contributed by atoms with E-state index in [9.17, 15) is 19.2 Å². The third-order valence-electron chi connectivity index (χ3n) is 4.81. The van der Waals surface area contributed by atoms with Crippen molar-refractivity contribution in [1.29, 1.82) is 0 Å². The Morgan fingerprint density at radius 2 is 1.45 bits per heavy atom. The van der Waals surface area contributed by atoms with Crippen molar-refractivity contribution in [3.05, 3.63) is 83.9 Å². The zero-order chi connectivity index (χ0) is 22.1. The Bertz CT molecular complexity index is 955. The first-order valence-corrected chi connectivity index (χ1v) is 10.0. The predicted molar refractivity (Wildman–Crippen MR) is 112 cm³/mol. The number of rotatable bonds is 8. The Kier molecular flexibility index (Phi) is 7.70. The van der Waals surface area contributed by atoms with Gasteiger partial charge in [0.05, 0.1) is 0 Å². The molecule has 160 valence electrons. The van der Waals surface area contributed by atoms with E-state index in [1.54, 1.807) is 54.6 Å². The lowest BCUT2D eigenvalue weighted by atomic mass is 10.1. The first kappa shape index (κ1) is 22.0. The van der Waals surface area contributed by atoms with Gasteiger partial charge < -0.3 is 14.4 Å². The molecule has 31 heavy (non-hydrogen) atoms. The van der Waals surface area contributed by atoms with Crippen LogP contribution in [0.5, 0.6) is 0 Å². The van der Waals surface area contributed by atoms with Crippen LogP contribution in [0.25, 0.3) is 0 Å². The van der Waals surface area contributed by atoms with Crippen LogP contribution in [0.4, 0.5) is 0 Å². The number of amides is 1. The van der Waals surface area contributed by atoms with Gasteiger partial charge in [-0.05, 0) is 31.1 Å². The summed E-state index contributed by atoms with van der Waals surface area (Å²) in [6.07, 6.45) is 3.42. The molecule has 2 aromatic rings. The normalized spacial score (nSPS) is 15.6. The van der Waals surface area contributed by atoms with E-state index in [1.807, 2.05) is 6.07 Å². The van der Waals surface area contributed by atoms with E-state index >= 15 is 0 Å². The van der Waals surface area contributed by atoms with Gasteiger partial charge in [-0.3, -0.25) is 9.59 Å². The Labute approximate surface area is 180 Å². The molecule has 1 fully saturated rings. The molecule has 0 aliphatic carbocycles. The molecule has 7 heteroatoms. The maximum atomic E-state index is 12.6. The summed E-state index contributed by atoms with van der Waals surface area (Å²) < 4.78 is 10.1. The summed E-state index contributed by atoms with van der Waals surface area (Å²) in [5.74, 6) is -1.75. The highest BCUT2D eigenvalue weighted by Crippen LogP contribution is 2.21. The number of esters is 2. The van der Waals surface area contributed by atoms with Crippen LogP contribution in [0.3, 0.4) is 0 Å². The summed E-state index contributed by atoms with van der Waals surface area (Å²) in [4.78, 5) is 50.2. The lowest BCUT2D eigenvalue weighted by Gasteiger charge is -2.23. The minimum atomic E-state index is -0.706. The predicted octanol–water partition coefficient (Wildman–Crippen LogP) is 2.82. The fraction of sp³-hybridized carbons (Fsp3) is 0.250. The summed E-state index contributed by atoms with van der Waals surface area (Å²) in [5, 5.41) is 0. The van der Waals surface area contributed by atoms with E-state index in [0.717, 1.165) is 12.2 Å². The first-order chi connectivity index (χ1) is 15.1. The molecule has 1 atom stereocenters. The minimum Gasteiger partial charge on any atom is -0.461 e. The van der Waals surface area contributed by atoms with Gasteiger partial charge in [-0.25, -0.2) is 9.59 Å². The quantitative estimate of drug-likeness (QED) is 0.282. The monoisotopic (exact) mass is 421 g/mol. The topological polar surface area (TPSA) is 90.0 Å². The van der Waals surface area contributed by atoms with Gasteiger partial charge in [-0.1, -0.05) is 48.5 Å². The second-order valence-corrected chi connectivity index (χ2v) is 6.92. The molecule has 2 aromatic carbocycles. The Morgan fingerprint density at radius 3 is 2.13 bits per heavy atom. The number of hydrogen-bond acceptors (Lipinski definition) is 6.